The monoisotopic (exact) mass is 233 g/mol. The summed E-state index contributed by atoms with van der Waals surface area (Å²) in [6, 6.07) is 6.85. The third kappa shape index (κ3) is 4.10. The molecule has 0 aliphatic carbocycles. The van der Waals surface area contributed by atoms with Gasteiger partial charge in [-0.1, -0.05) is 13.0 Å². The molecule has 2 heterocycles. The van der Waals surface area contributed by atoms with Crippen molar-refractivity contribution in [2.45, 2.75) is 38.8 Å². The number of hydrogen-bond donors (Lipinski definition) is 1. The normalized spacial score (nSPS) is 20.0. The first-order valence-electron chi connectivity index (χ1n) is 6.74. The second-order valence-electron chi connectivity index (χ2n) is 4.85. The Morgan fingerprint density at radius 2 is 2.41 bits per heavy atom. The van der Waals surface area contributed by atoms with E-state index >= 15 is 0 Å². The molecular formula is C14H23N3. The van der Waals surface area contributed by atoms with Crippen LogP contribution in [0.2, 0.25) is 0 Å². The molecule has 0 spiro atoms. The number of nitrogens with one attached hydrogen (secondary N) is 1. The molecule has 0 bridgehead atoms. The lowest BCUT2D eigenvalue weighted by molar-refractivity contribution is 0.239. The van der Waals surface area contributed by atoms with Gasteiger partial charge in [0.2, 0.25) is 0 Å². The summed E-state index contributed by atoms with van der Waals surface area (Å²) in [6.45, 7) is 6.73. The number of hydrogen-bond acceptors (Lipinski definition) is 3. The van der Waals surface area contributed by atoms with Crippen LogP contribution in [-0.4, -0.2) is 35.6 Å². The highest BCUT2D eigenvalue weighted by Gasteiger charge is 2.17. The van der Waals surface area contributed by atoms with Gasteiger partial charge in [-0.25, -0.2) is 0 Å². The average Bonchev–Trinajstić information content (AvgIpc) is 2.83. The Labute approximate surface area is 104 Å². The van der Waals surface area contributed by atoms with Crippen LogP contribution in [0.15, 0.2) is 24.4 Å². The van der Waals surface area contributed by atoms with E-state index in [1.54, 1.807) is 0 Å². The highest BCUT2D eigenvalue weighted by Crippen LogP contribution is 2.09. The van der Waals surface area contributed by atoms with Gasteiger partial charge in [0, 0.05) is 25.3 Å². The summed E-state index contributed by atoms with van der Waals surface area (Å²) in [7, 11) is 0. The Bertz CT molecular complexity index is 307. The van der Waals surface area contributed by atoms with Gasteiger partial charge >= 0.3 is 0 Å². The van der Waals surface area contributed by atoms with E-state index < -0.39 is 0 Å². The van der Waals surface area contributed by atoms with Gasteiger partial charge in [0.15, 0.2) is 0 Å². The highest BCUT2D eigenvalue weighted by molar-refractivity contribution is 5.03. The summed E-state index contributed by atoms with van der Waals surface area (Å²) in [5.41, 5.74) is 1.18. The zero-order valence-corrected chi connectivity index (χ0v) is 10.7. The van der Waals surface area contributed by atoms with Crippen LogP contribution < -0.4 is 5.32 Å². The Kier molecular flexibility index (Phi) is 4.95. The van der Waals surface area contributed by atoms with Crippen LogP contribution in [0.3, 0.4) is 0 Å². The lowest BCUT2D eigenvalue weighted by Gasteiger charge is -2.24. The van der Waals surface area contributed by atoms with Crippen LogP contribution >= 0.6 is 0 Å². The summed E-state index contributed by atoms with van der Waals surface area (Å²) in [6.07, 6.45) is 5.74. The molecule has 1 aliphatic rings. The van der Waals surface area contributed by atoms with Crippen molar-refractivity contribution in [2.75, 3.05) is 19.6 Å². The van der Waals surface area contributed by atoms with Crippen molar-refractivity contribution in [3.05, 3.63) is 30.1 Å². The Morgan fingerprint density at radius 3 is 3.06 bits per heavy atom. The van der Waals surface area contributed by atoms with Crippen molar-refractivity contribution in [3.63, 3.8) is 0 Å². The summed E-state index contributed by atoms with van der Waals surface area (Å²) in [4.78, 5) is 6.93. The Balaban J connectivity index is 1.87. The van der Waals surface area contributed by atoms with E-state index in [1.807, 2.05) is 12.3 Å². The molecule has 1 unspecified atom stereocenters. The number of rotatable bonds is 6. The minimum Gasteiger partial charge on any atom is -0.313 e. The summed E-state index contributed by atoms with van der Waals surface area (Å²) >= 11 is 0. The molecule has 3 heteroatoms. The van der Waals surface area contributed by atoms with E-state index in [0.29, 0.717) is 6.04 Å². The fourth-order valence-corrected chi connectivity index (χ4v) is 2.50. The molecule has 0 saturated carbocycles. The Morgan fingerprint density at radius 1 is 1.47 bits per heavy atom. The molecule has 1 aliphatic heterocycles. The number of nitrogens with zero attached hydrogens (tertiary/aromatic N) is 2. The van der Waals surface area contributed by atoms with Gasteiger partial charge in [0.25, 0.3) is 0 Å². The zero-order chi connectivity index (χ0) is 11.9. The van der Waals surface area contributed by atoms with E-state index in [2.05, 4.69) is 34.3 Å². The first kappa shape index (κ1) is 12.5. The first-order chi connectivity index (χ1) is 8.38. The molecule has 1 saturated heterocycles. The fourth-order valence-electron chi connectivity index (χ4n) is 2.50. The van der Waals surface area contributed by atoms with Gasteiger partial charge in [0.1, 0.15) is 0 Å². The molecule has 1 N–H and O–H groups in total. The fraction of sp³-hybridized carbons (Fsp3) is 0.643. The number of aromatic nitrogens is 1. The van der Waals surface area contributed by atoms with Gasteiger partial charge in [-0.3, -0.25) is 9.88 Å². The minimum atomic E-state index is 0.685. The molecule has 3 nitrogen and oxygen atoms in total. The van der Waals surface area contributed by atoms with E-state index in [0.717, 1.165) is 19.6 Å². The van der Waals surface area contributed by atoms with Crippen molar-refractivity contribution >= 4 is 0 Å². The molecule has 17 heavy (non-hydrogen) atoms. The predicted molar refractivity (Wildman–Crippen MR) is 70.8 cm³/mol. The third-order valence-electron chi connectivity index (χ3n) is 3.29. The van der Waals surface area contributed by atoms with Crippen LogP contribution in [-0.2, 0) is 6.54 Å². The van der Waals surface area contributed by atoms with E-state index in [4.69, 9.17) is 0 Å². The molecule has 2 rings (SSSR count). The second kappa shape index (κ2) is 6.72. The van der Waals surface area contributed by atoms with Crippen LogP contribution in [0.25, 0.3) is 0 Å². The topological polar surface area (TPSA) is 28.2 Å². The van der Waals surface area contributed by atoms with Crippen molar-refractivity contribution in [1.82, 2.24) is 15.2 Å². The summed E-state index contributed by atoms with van der Waals surface area (Å²) < 4.78 is 0. The van der Waals surface area contributed by atoms with E-state index in [9.17, 15) is 0 Å². The lowest BCUT2D eigenvalue weighted by atomic mass is 10.2. The average molecular weight is 233 g/mol. The van der Waals surface area contributed by atoms with Gasteiger partial charge in [0.05, 0.1) is 5.69 Å². The maximum Gasteiger partial charge on any atom is 0.0543 e. The van der Waals surface area contributed by atoms with Crippen LogP contribution in [0.4, 0.5) is 0 Å². The summed E-state index contributed by atoms with van der Waals surface area (Å²) in [5.74, 6) is 0. The van der Waals surface area contributed by atoms with Crippen molar-refractivity contribution < 1.29 is 0 Å². The lowest BCUT2D eigenvalue weighted by Crippen LogP contribution is -2.37. The standard InChI is InChI=1S/C14H23N3/c1-2-10-17(12-14-7-5-9-16-14)11-13-6-3-4-8-15-13/h3-4,6,8,14,16H,2,5,7,9-12H2,1H3. The van der Waals surface area contributed by atoms with Crippen LogP contribution in [0, 0.1) is 0 Å². The highest BCUT2D eigenvalue weighted by atomic mass is 15.2. The van der Waals surface area contributed by atoms with E-state index in [-0.39, 0.29) is 0 Å². The molecule has 1 fully saturated rings. The van der Waals surface area contributed by atoms with Crippen molar-refractivity contribution in [2.24, 2.45) is 0 Å². The van der Waals surface area contributed by atoms with Gasteiger partial charge in [-0.2, -0.15) is 0 Å². The SMILES string of the molecule is CCCN(Cc1ccccn1)CC1CCCN1. The summed E-state index contributed by atoms with van der Waals surface area (Å²) in [5, 5.41) is 3.57. The first-order valence-corrected chi connectivity index (χ1v) is 6.74. The van der Waals surface area contributed by atoms with Gasteiger partial charge in [-0.15, -0.1) is 0 Å². The predicted octanol–water partition coefficient (Wildman–Crippen LogP) is 2.05. The molecule has 0 aromatic carbocycles. The Hall–Kier alpha value is -0.930. The van der Waals surface area contributed by atoms with Crippen molar-refractivity contribution in [1.29, 1.82) is 0 Å². The van der Waals surface area contributed by atoms with E-state index in [1.165, 1.54) is 31.5 Å². The minimum absolute atomic E-state index is 0.685. The van der Waals surface area contributed by atoms with Crippen LogP contribution in [0.1, 0.15) is 31.9 Å². The third-order valence-corrected chi connectivity index (χ3v) is 3.29. The molecular weight excluding hydrogens is 210 g/mol. The molecule has 0 radical (unpaired) electrons. The van der Waals surface area contributed by atoms with Gasteiger partial charge < -0.3 is 5.32 Å². The maximum absolute atomic E-state index is 4.41. The smallest absolute Gasteiger partial charge is 0.0543 e. The molecule has 0 amide bonds. The largest absolute Gasteiger partial charge is 0.313 e. The molecule has 1 aromatic rings. The second-order valence-corrected chi connectivity index (χ2v) is 4.85. The molecule has 1 aromatic heterocycles. The van der Waals surface area contributed by atoms with Crippen LogP contribution in [0.5, 0.6) is 0 Å². The van der Waals surface area contributed by atoms with Gasteiger partial charge in [-0.05, 0) is 44.5 Å². The molecule has 94 valence electrons. The van der Waals surface area contributed by atoms with Crippen molar-refractivity contribution in [3.8, 4) is 0 Å². The molecule has 1 atom stereocenters. The quantitative estimate of drug-likeness (QED) is 0.815. The maximum atomic E-state index is 4.41. The zero-order valence-electron chi connectivity index (χ0n) is 10.7. The number of pyridine rings is 1.